The van der Waals surface area contributed by atoms with Crippen LogP contribution in [0.4, 0.5) is 0 Å². The van der Waals surface area contributed by atoms with E-state index < -0.39 is 5.89 Å². The van der Waals surface area contributed by atoms with Crippen LogP contribution in [0.3, 0.4) is 0 Å². The second-order valence-corrected chi connectivity index (χ2v) is 5.63. The largest absolute Gasteiger partial charge is 0.254 e. The van der Waals surface area contributed by atoms with Crippen molar-refractivity contribution in [2.45, 2.75) is 26.7 Å². The van der Waals surface area contributed by atoms with E-state index in [4.69, 9.17) is 2.74 Å². The number of rotatable bonds is 1. The van der Waals surface area contributed by atoms with Gasteiger partial charge in [-0.05, 0) is 24.6 Å². The van der Waals surface area contributed by atoms with Crippen molar-refractivity contribution in [3.63, 3.8) is 0 Å². The normalized spacial score (nSPS) is 20.7. The van der Waals surface area contributed by atoms with Crippen LogP contribution >= 0.6 is 0 Å². The molecule has 0 amide bonds. The van der Waals surface area contributed by atoms with Gasteiger partial charge in [0.1, 0.15) is 17.1 Å². The predicted octanol–water partition coefficient (Wildman–Crippen LogP) is 3.84. The van der Waals surface area contributed by atoms with Gasteiger partial charge in [0, 0.05) is 13.9 Å². The first kappa shape index (κ1) is 10.4. The van der Waals surface area contributed by atoms with E-state index in [9.17, 15) is 0 Å². The number of hydrogen-bond donors (Lipinski definition) is 0. The smallest absolute Gasteiger partial charge is 0.199 e. The van der Waals surface area contributed by atoms with Gasteiger partial charge in [0.2, 0.25) is 0 Å². The number of aromatic nitrogens is 2. The van der Waals surface area contributed by atoms with Crippen LogP contribution in [0.5, 0.6) is 0 Å². The molecule has 0 aliphatic carbocycles. The minimum absolute atomic E-state index is 0.398. The third kappa shape index (κ3) is 1.62. The topological polar surface area (TPSA) is 8.81 Å². The number of aryl methyl sites for hydroxylation is 1. The van der Waals surface area contributed by atoms with Gasteiger partial charge in [-0.3, -0.25) is 0 Å². The summed E-state index contributed by atoms with van der Waals surface area (Å²) in [5, 5.41) is 0. The number of benzene rings is 2. The molecule has 0 bridgehead atoms. The van der Waals surface area contributed by atoms with Gasteiger partial charge in [0.25, 0.3) is 6.30 Å². The van der Waals surface area contributed by atoms with Crippen molar-refractivity contribution in [3.8, 4) is 11.4 Å². The summed E-state index contributed by atoms with van der Waals surface area (Å²) in [7, 11) is 0. The van der Waals surface area contributed by atoms with Gasteiger partial charge in [-0.2, -0.15) is 9.13 Å². The van der Waals surface area contributed by atoms with E-state index in [0.717, 1.165) is 33.9 Å². The van der Waals surface area contributed by atoms with Crippen molar-refractivity contribution >= 4 is 0 Å². The van der Waals surface area contributed by atoms with Crippen molar-refractivity contribution in [3.05, 3.63) is 77.3 Å². The Bertz CT molecular complexity index is 939. The third-order valence-corrected chi connectivity index (χ3v) is 4.36. The molecular formula is C19H19N2+. The van der Waals surface area contributed by atoms with E-state index in [1.807, 2.05) is 65.4 Å². The number of fused-ring (bicyclic) bond motifs is 3. The van der Waals surface area contributed by atoms with Crippen LogP contribution in [-0.2, 0) is 0 Å². The van der Waals surface area contributed by atoms with Gasteiger partial charge < -0.3 is 0 Å². The maximum absolute atomic E-state index is 8.90. The molecule has 0 N–H and O–H groups in total. The molecule has 0 saturated heterocycles. The molecule has 3 aromatic rings. The van der Waals surface area contributed by atoms with Gasteiger partial charge >= 0.3 is 0 Å². The van der Waals surface area contributed by atoms with Gasteiger partial charge in [-0.15, -0.1) is 0 Å². The Morgan fingerprint density at radius 1 is 1.10 bits per heavy atom. The standard InChI is InChI=1S/C19H19N2/c1-13-8-4-6-10-17(13)20-12-21-18-11-7-5-9-16(18)14(2)19(21)15(20)3/h4-12,14H,1-3H3/q+1/i12D,14D. The zero-order valence-electron chi connectivity index (χ0n) is 14.5. The molecule has 0 spiro atoms. The summed E-state index contributed by atoms with van der Waals surface area (Å²) in [5.41, 5.74) is 5.87. The second-order valence-electron chi connectivity index (χ2n) is 5.63. The lowest BCUT2D eigenvalue weighted by molar-refractivity contribution is -0.602. The van der Waals surface area contributed by atoms with Gasteiger partial charge in [-0.1, -0.05) is 43.3 Å². The monoisotopic (exact) mass is 277 g/mol. The van der Waals surface area contributed by atoms with E-state index in [-0.39, 0.29) is 0 Å². The molecular weight excluding hydrogens is 256 g/mol. The summed E-state index contributed by atoms with van der Waals surface area (Å²) in [6.45, 7) is 5.98. The highest BCUT2D eigenvalue weighted by molar-refractivity contribution is 5.53. The lowest BCUT2D eigenvalue weighted by Crippen LogP contribution is -2.33. The first-order valence-corrected chi connectivity index (χ1v) is 7.25. The van der Waals surface area contributed by atoms with Crippen molar-refractivity contribution in [1.82, 2.24) is 4.57 Å². The molecule has 2 nitrogen and oxygen atoms in total. The van der Waals surface area contributed by atoms with Gasteiger partial charge in [0.05, 0.1) is 5.89 Å². The number of hydrogen-bond acceptors (Lipinski definition) is 0. The minimum Gasteiger partial charge on any atom is -0.199 e. The molecule has 1 aromatic heterocycles. The molecule has 0 saturated carbocycles. The molecule has 2 heteroatoms. The maximum atomic E-state index is 8.90. The molecule has 1 aliphatic heterocycles. The van der Waals surface area contributed by atoms with Crippen LogP contribution < -0.4 is 4.57 Å². The Hall–Kier alpha value is -2.35. The van der Waals surface area contributed by atoms with E-state index in [1.54, 1.807) is 0 Å². The van der Waals surface area contributed by atoms with E-state index >= 15 is 0 Å². The second kappa shape index (κ2) is 4.32. The first-order chi connectivity index (χ1) is 10.9. The number of nitrogens with zero attached hydrogens (tertiary/aromatic N) is 2. The van der Waals surface area contributed by atoms with Crippen molar-refractivity contribution in [2.75, 3.05) is 0 Å². The predicted molar refractivity (Wildman–Crippen MR) is 84.3 cm³/mol. The molecule has 2 aromatic carbocycles. The fraction of sp³-hybridized carbons (Fsp3) is 0.211. The molecule has 2 heterocycles. The van der Waals surface area contributed by atoms with Gasteiger partial charge in [-0.25, -0.2) is 0 Å². The Kier molecular flexibility index (Phi) is 2.14. The van der Waals surface area contributed by atoms with Crippen LogP contribution in [-0.4, -0.2) is 4.57 Å². The van der Waals surface area contributed by atoms with Gasteiger partial charge in [0.15, 0.2) is 7.06 Å². The number of imidazole rings is 1. The maximum Gasteiger partial charge on any atom is 0.254 e. The average Bonchev–Trinajstić information content (AvgIpc) is 2.93. The lowest BCUT2D eigenvalue weighted by Gasteiger charge is -2.05. The molecule has 4 rings (SSSR count). The molecule has 1 unspecified atom stereocenters. The molecule has 0 fully saturated rings. The Morgan fingerprint density at radius 2 is 1.81 bits per heavy atom. The molecule has 21 heavy (non-hydrogen) atoms. The highest BCUT2D eigenvalue weighted by Gasteiger charge is 2.36. The van der Waals surface area contributed by atoms with Crippen LogP contribution in [0.1, 0.15) is 38.1 Å². The van der Waals surface area contributed by atoms with Crippen molar-refractivity contribution < 1.29 is 7.31 Å². The summed E-state index contributed by atoms with van der Waals surface area (Å²) < 4.78 is 21.5. The minimum atomic E-state index is -0.843. The van der Waals surface area contributed by atoms with Crippen molar-refractivity contribution in [2.24, 2.45) is 0 Å². The number of para-hydroxylation sites is 2. The quantitative estimate of drug-likeness (QED) is 0.598. The third-order valence-electron chi connectivity index (χ3n) is 4.36. The lowest BCUT2D eigenvalue weighted by atomic mass is 9.99. The average molecular weight is 277 g/mol. The summed E-state index contributed by atoms with van der Waals surface area (Å²) in [6.07, 6.45) is 0.398. The van der Waals surface area contributed by atoms with Crippen LogP contribution in [0.2, 0.25) is 0 Å². The fourth-order valence-electron chi connectivity index (χ4n) is 3.27. The Labute approximate surface area is 128 Å². The Balaban J connectivity index is 2.10. The highest BCUT2D eigenvalue weighted by Crippen LogP contribution is 2.38. The van der Waals surface area contributed by atoms with E-state index in [0.29, 0.717) is 6.30 Å². The zero-order valence-corrected chi connectivity index (χ0v) is 12.5. The summed E-state index contributed by atoms with van der Waals surface area (Å²) in [5.74, 6) is -0.843. The van der Waals surface area contributed by atoms with Crippen LogP contribution in [0, 0.1) is 13.8 Å². The molecule has 0 radical (unpaired) electrons. The van der Waals surface area contributed by atoms with Crippen LogP contribution in [0.25, 0.3) is 11.4 Å². The summed E-state index contributed by atoms with van der Waals surface area (Å²) >= 11 is 0. The first-order valence-electron chi connectivity index (χ1n) is 8.25. The molecule has 1 atom stereocenters. The summed E-state index contributed by atoms with van der Waals surface area (Å²) in [6, 6.07) is 16.0. The molecule has 104 valence electrons. The fourth-order valence-corrected chi connectivity index (χ4v) is 3.27. The molecule has 1 aliphatic rings. The summed E-state index contributed by atoms with van der Waals surface area (Å²) in [4.78, 5) is 0. The zero-order chi connectivity index (χ0) is 16.4. The van der Waals surface area contributed by atoms with E-state index in [2.05, 4.69) is 13.0 Å². The SMILES string of the molecule is [2H]c1n2c(c(C)[n+]1-c1ccccc1C)C([2H])(C)c1ccccc1-2. The van der Waals surface area contributed by atoms with Crippen LogP contribution in [0.15, 0.2) is 54.8 Å². The van der Waals surface area contributed by atoms with E-state index in [1.165, 1.54) is 0 Å². The Morgan fingerprint density at radius 3 is 2.62 bits per heavy atom. The highest BCUT2D eigenvalue weighted by atomic mass is 15.2. The van der Waals surface area contributed by atoms with Crippen molar-refractivity contribution in [1.29, 1.82) is 0 Å².